The summed E-state index contributed by atoms with van der Waals surface area (Å²) in [5.41, 5.74) is 1.22. The van der Waals surface area contributed by atoms with Crippen LogP contribution in [0.3, 0.4) is 0 Å². The first-order chi connectivity index (χ1) is 8.65. The quantitative estimate of drug-likeness (QED) is 0.476. The number of carbonyl (C=O) groups excluding carboxylic acids is 1. The highest BCUT2D eigenvalue weighted by Gasteiger charge is 2.03. The van der Waals surface area contributed by atoms with Gasteiger partial charge in [-0.3, -0.25) is 4.79 Å². The van der Waals surface area contributed by atoms with Crippen LogP contribution in [0.2, 0.25) is 10.2 Å². The highest BCUT2D eigenvalue weighted by Crippen LogP contribution is 2.11. The molecule has 0 fully saturated rings. The van der Waals surface area contributed by atoms with Crippen LogP contribution in [-0.2, 0) is 0 Å². The standard InChI is InChI=1S/C14H9Cl2NO/c15-11-7-4-10(5-8-11)6-9-13(18)12-2-1-3-14(16)17-12/h1-9H. The molecule has 0 aliphatic heterocycles. The molecule has 0 radical (unpaired) electrons. The fourth-order valence-corrected chi connectivity index (χ4v) is 1.67. The minimum absolute atomic E-state index is 0.188. The van der Waals surface area contributed by atoms with Crippen LogP contribution in [0.1, 0.15) is 16.1 Å². The van der Waals surface area contributed by atoms with Crippen molar-refractivity contribution in [1.29, 1.82) is 0 Å². The van der Waals surface area contributed by atoms with Crippen molar-refractivity contribution in [2.24, 2.45) is 0 Å². The fourth-order valence-electron chi connectivity index (χ4n) is 1.38. The van der Waals surface area contributed by atoms with E-state index in [0.29, 0.717) is 15.9 Å². The van der Waals surface area contributed by atoms with Crippen molar-refractivity contribution in [2.45, 2.75) is 0 Å². The van der Waals surface area contributed by atoms with Gasteiger partial charge in [0, 0.05) is 5.02 Å². The normalized spacial score (nSPS) is 10.8. The number of rotatable bonds is 3. The molecule has 0 saturated carbocycles. The van der Waals surface area contributed by atoms with E-state index in [4.69, 9.17) is 23.2 Å². The summed E-state index contributed by atoms with van der Waals surface area (Å²) in [7, 11) is 0. The zero-order valence-corrected chi connectivity index (χ0v) is 10.8. The van der Waals surface area contributed by atoms with Crippen LogP contribution < -0.4 is 0 Å². The van der Waals surface area contributed by atoms with E-state index in [1.54, 1.807) is 36.4 Å². The summed E-state index contributed by atoms with van der Waals surface area (Å²) in [5, 5.41) is 0.968. The Hall–Kier alpha value is -1.64. The summed E-state index contributed by atoms with van der Waals surface area (Å²) in [6, 6.07) is 12.1. The number of hydrogen-bond acceptors (Lipinski definition) is 2. The molecule has 0 spiro atoms. The number of hydrogen-bond donors (Lipinski definition) is 0. The van der Waals surface area contributed by atoms with Crippen molar-refractivity contribution >= 4 is 35.1 Å². The monoisotopic (exact) mass is 277 g/mol. The Kier molecular flexibility index (Phi) is 4.13. The van der Waals surface area contributed by atoms with Gasteiger partial charge in [0.25, 0.3) is 0 Å². The topological polar surface area (TPSA) is 30.0 Å². The van der Waals surface area contributed by atoms with Crippen LogP contribution in [0.4, 0.5) is 0 Å². The molecule has 0 atom stereocenters. The van der Waals surface area contributed by atoms with E-state index in [1.807, 2.05) is 12.1 Å². The smallest absolute Gasteiger partial charge is 0.204 e. The molecule has 2 aromatic rings. The lowest BCUT2D eigenvalue weighted by Gasteiger charge is -1.96. The number of carbonyl (C=O) groups is 1. The highest BCUT2D eigenvalue weighted by atomic mass is 35.5. The number of halogens is 2. The molecule has 1 heterocycles. The van der Waals surface area contributed by atoms with E-state index in [1.165, 1.54) is 6.08 Å². The van der Waals surface area contributed by atoms with Gasteiger partial charge >= 0.3 is 0 Å². The summed E-state index contributed by atoms with van der Waals surface area (Å²) >= 11 is 11.5. The second-order valence-corrected chi connectivity index (χ2v) is 4.42. The molecule has 0 amide bonds. The van der Waals surface area contributed by atoms with Crippen LogP contribution in [-0.4, -0.2) is 10.8 Å². The first-order valence-electron chi connectivity index (χ1n) is 5.26. The van der Waals surface area contributed by atoms with Crippen LogP contribution in [0.25, 0.3) is 6.08 Å². The molecule has 0 aliphatic carbocycles. The van der Waals surface area contributed by atoms with Crippen LogP contribution >= 0.6 is 23.2 Å². The molecule has 0 aliphatic rings. The molecular formula is C14H9Cl2NO. The van der Waals surface area contributed by atoms with Gasteiger partial charge in [0.15, 0.2) is 0 Å². The van der Waals surface area contributed by atoms with E-state index >= 15 is 0 Å². The average molecular weight is 278 g/mol. The van der Waals surface area contributed by atoms with Gasteiger partial charge < -0.3 is 0 Å². The Morgan fingerprint density at radius 3 is 2.44 bits per heavy atom. The van der Waals surface area contributed by atoms with Crippen LogP contribution in [0.15, 0.2) is 48.5 Å². The molecule has 0 saturated heterocycles. The molecular weight excluding hydrogens is 269 g/mol. The zero-order chi connectivity index (χ0) is 13.0. The van der Waals surface area contributed by atoms with Crippen LogP contribution in [0, 0.1) is 0 Å². The molecule has 0 N–H and O–H groups in total. The third-order valence-corrected chi connectivity index (χ3v) is 2.73. The number of aromatic nitrogens is 1. The molecule has 0 bridgehead atoms. The van der Waals surface area contributed by atoms with E-state index in [2.05, 4.69) is 4.98 Å². The Morgan fingerprint density at radius 2 is 1.78 bits per heavy atom. The van der Waals surface area contributed by atoms with Gasteiger partial charge in [-0.05, 0) is 35.9 Å². The Balaban J connectivity index is 2.14. The molecule has 2 rings (SSSR count). The summed E-state index contributed by atoms with van der Waals surface area (Å²) in [5.74, 6) is -0.188. The summed E-state index contributed by atoms with van der Waals surface area (Å²) in [4.78, 5) is 15.7. The van der Waals surface area contributed by atoms with Gasteiger partial charge in [0.05, 0.1) is 0 Å². The van der Waals surface area contributed by atoms with Crippen molar-refractivity contribution in [2.75, 3.05) is 0 Å². The Labute approximate surface area is 115 Å². The highest BCUT2D eigenvalue weighted by molar-refractivity contribution is 6.30. The van der Waals surface area contributed by atoms with E-state index in [0.717, 1.165) is 5.56 Å². The van der Waals surface area contributed by atoms with E-state index in [9.17, 15) is 4.79 Å². The summed E-state index contributed by atoms with van der Waals surface area (Å²) in [6.07, 6.45) is 3.17. The molecule has 1 aromatic heterocycles. The number of pyridine rings is 1. The first kappa shape index (κ1) is 12.8. The maximum Gasteiger partial charge on any atom is 0.204 e. The van der Waals surface area contributed by atoms with Crippen LogP contribution in [0.5, 0.6) is 0 Å². The Bertz CT molecular complexity index is 591. The van der Waals surface area contributed by atoms with Gasteiger partial charge in [-0.25, -0.2) is 4.98 Å². The fraction of sp³-hybridized carbons (Fsp3) is 0. The lowest BCUT2D eigenvalue weighted by Crippen LogP contribution is -1.97. The largest absolute Gasteiger partial charge is 0.288 e. The number of ketones is 1. The van der Waals surface area contributed by atoms with E-state index in [-0.39, 0.29) is 5.78 Å². The molecule has 1 aromatic carbocycles. The van der Waals surface area contributed by atoms with Gasteiger partial charge in [-0.15, -0.1) is 0 Å². The minimum atomic E-state index is -0.188. The SMILES string of the molecule is O=C(C=Cc1ccc(Cl)cc1)c1cccc(Cl)n1. The summed E-state index contributed by atoms with van der Waals surface area (Å²) in [6.45, 7) is 0. The zero-order valence-electron chi connectivity index (χ0n) is 9.31. The Morgan fingerprint density at radius 1 is 1.06 bits per heavy atom. The van der Waals surface area contributed by atoms with Crippen molar-refractivity contribution in [3.8, 4) is 0 Å². The van der Waals surface area contributed by atoms with E-state index < -0.39 is 0 Å². The second-order valence-electron chi connectivity index (χ2n) is 3.59. The number of nitrogens with zero attached hydrogens (tertiary/aromatic N) is 1. The number of benzene rings is 1. The second kappa shape index (κ2) is 5.80. The van der Waals surface area contributed by atoms with Crippen molar-refractivity contribution in [1.82, 2.24) is 4.98 Å². The molecule has 0 unspecified atom stereocenters. The van der Waals surface area contributed by atoms with Crippen molar-refractivity contribution in [3.05, 3.63) is 70.0 Å². The van der Waals surface area contributed by atoms with Gasteiger partial charge in [-0.1, -0.05) is 47.5 Å². The van der Waals surface area contributed by atoms with Crippen molar-refractivity contribution < 1.29 is 4.79 Å². The lowest BCUT2D eigenvalue weighted by atomic mass is 10.1. The number of allylic oxidation sites excluding steroid dienone is 1. The lowest BCUT2D eigenvalue weighted by molar-refractivity contribution is 0.104. The predicted octanol–water partition coefficient (Wildman–Crippen LogP) is 4.28. The molecule has 90 valence electrons. The minimum Gasteiger partial charge on any atom is -0.288 e. The molecule has 2 nitrogen and oxygen atoms in total. The molecule has 18 heavy (non-hydrogen) atoms. The maximum atomic E-state index is 11.8. The summed E-state index contributed by atoms with van der Waals surface area (Å²) < 4.78 is 0. The predicted molar refractivity (Wildman–Crippen MR) is 74.1 cm³/mol. The third-order valence-electron chi connectivity index (χ3n) is 2.26. The maximum absolute atomic E-state index is 11.8. The van der Waals surface area contributed by atoms with Gasteiger partial charge in [0.1, 0.15) is 10.8 Å². The van der Waals surface area contributed by atoms with Gasteiger partial charge in [0.2, 0.25) is 5.78 Å². The first-order valence-corrected chi connectivity index (χ1v) is 6.01. The molecule has 4 heteroatoms. The third kappa shape index (κ3) is 3.42. The van der Waals surface area contributed by atoms with Gasteiger partial charge in [-0.2, -0.15) is 0 Å². The average Bonchev–Trinajstić information content (AvgIpc) is 2.38. The van der Waals surface area contributed by atoms with Crippen molar-refractivity contribution in [3.63, 3.8) is 0 Å².